The largest absolute Gasteiger partial charge is 0.280 e. The number of nitrogens with zero attached hydrogens (tertiary/aromatic N) is 1. The van der Waals surface area contributed by atoms with Gasteiger partial charge in [0, 0.05) is 12.6 Å². The van der Waals surface area contributed by atoms with Crippen molar-refractivity contribution in [2.75, 3.05) is 15.6 Å². The van der Waals surface area contributed by atoms with Gasteiger partial charge in [0.2, 0.25) is 0 Å². The summed E-state index contributed by atoms with van der Waals surface area (Å²) >= 11 is 0. The summed E-state index contributed by atoms with van der Waals surface area (Å²) in [5.41, 5.74) is 1.20. The summed E-state index contributed by atoms with van der Waals surface area (Å²) in [6, 6.07) is 14.5. The van der Waals surface area contributed by atoms with Crippen molar-refractivity contribution >= 4 is 31.4 Å². The van der Waals surface area contributed by atoms with E-state index in [1.54, 1.807) is 24.3 Å². The molecule has 0 spiro atoms. The van der Waals surface area contributed by atoms with E-state index in [0.717, 1.165) is 5.56 Å². The monoisotopic (exact) mass is 464 g/mol. The van der Waals surface area contributed by atoms with Crippen LogP contribution in [0.4, 0.5) is 20.2 Å². The Balaban J connectivity index is 1.71. The molecular formula is C21H18F2N2O4S2. The third kappa shape index (κ3) is 4.26. The summed E-state index contributed by atoms with van der Waals surface area (Å²) in [4.78, 5) is -0.444. The molecule has 31 heavy (non-hydrogen) atoms. The Kier molecular flexibility index (Phi) is 5.44. The lowest BCUT2D eigenvalue weighted by atomic mass is 10.0. The molecule has 3 aromatic rings. The van der Waals surface area contributed by atoms with E-state index >= 15 is 0 Å². The number of benzene rings is 3. The van der Waals surface area contributed by atoms with Gasteiger partial charge in [-0.25, -0.2) is 25.6 Å². The number of rotatable bonds is 5. The lowest BCUT2D eigenvalue weighted by molar-refractivity contribution is 0.568. The van der Waals surface area contributed by atoms with Crippen molar-refractivity contribution in [3.05, 3.63) is 83.9 Å². The molecule has 0 aromatic heterocycles. The fourth-order valence-electron chi connectivity index (χ4n) is 3.47. The van der Waals surface area contributed by atoms with Gasteiger partial charge >= 0.3 is 0 Å². The van der Waals surface area contributed by atoms with Crippen molar-refractivity contribution in [2.24, 2.45) is 0 Å². The second kappa shape index (κ2) is 7.93. The van der Waals surface area contributed by atoms with Gasteiger partial charge in [0.15, 0.2) is 0 Å². The molecule has 4 rings (SSSR count). The van der Waals surface area contributed by atoms with Crippen molar-refractivity contribution in [2.45, 2.75) is 22.6 Å². The van der Waals surface area contributed by atoms with Gasteiger partial charge in [0.05, 0.1) is 21.2 Å². The average Bonchev–Trinajstić information content (AvgIpc) is 2.73. The van der Waals surface area contributed by atoms with Gasteiger partial charge in [-0.1, -0.05) is 24.3 Å². The van der Waals surface area contributed by atoms with E-state index in [9.17, 15) is 25.6 Å². The molecule has 0 fully saturated rings. The maximum absolute atomic E-state index is 13.5. The lowest BCUT2D eigenvalue weighted by Crippen LogP contribution is -2.35. The average molecular weight is 465 g/mol. The van der Waals surface area contributed by atoms with Crippen LogP contribution in [-0.4, -0.2) is 23.4 Å². The predicted octanol–water partition coefficient (Wildman–Crippen LogP) is 3.91. The van der Waals surface area contributed by atoms with Gasteiger partial charge in [-0.05, 0) is 54.8 Å². The molecule has 1 N–H and O–H groups in total. The molecule has 0 amide bonds. The van der Waals surface area contributed by atoms with E-state index in [4.69, 9.17) is 0 Å². The molecule has 0 saturated carbocycles. The number of anilines is 2. The summed E-state index contributed by atoms with van der Waals surface area (Å²) in [6.45, 7) is 0.246. The van der Waals surface area contributed by atoms with Crippen molar-refractivity contribution in [1.29, 1.82) is 0 Å². The first-order valence-corrected chi connectivity index (χ1v) is 12.3. The van der Waals surface area contributed by atoms with E-state index in [2.05, 4.69) is 4.72 Å². The molecule has 1 aliphatic heterocycles. The number of nitrogens with one attached hydrogen (secondary N) is 1. The fourth-order valence-corrected chi connectivity index (χ4v) is 6.12. The first-order chi connectivity index (χ1) is 14.7. The zero-order chi connectivity index (χ0) is 22.2. The Morgan fingerprint density at radius 2 is 1.48 bits per heavy atom. The minimum Gasteiger partial charge on any atom is -0.280 e. The topological polar surface area (TPSA) is 83.6 Å². The maximum atomic E-state index is 13.5. The smallest absolute Gasteiger partial charge is 0.264 e. The molecule has 0 bridgehead atoms. The van der Waals surface area contributed by atoms with Crippen LogP contribution < -0.4 is 9.03 Å². The number of hydrogen-bond donors (Lipinski definition) is 1. The Bertz CT molecular complexity index is 1320. The highest BCUT2D eigenvalue weighted by molar-refractivity contribution is 7.93. The number of fused-ring (bicyclic) bond motifs is 1. The highest BCUT2D eigenvalue weighted by atomic mass is 32.2. The van der Waals surface area contributed by atoms with Crippen molar-refractivity contribution in [3.63, 3.8) is 0 Å². The highest BCUT2D eigenvalue weighted by Crippen LogP contribution is 2.34. The molecule has 1 aliphatic rings. The van der Waals surface area contributed by atoms with Crippen LogP contribution in [0.3, 0.4) is 0 Å². The second-order valence-corrected chi connectivity index (χ2v) is 10.6. The van der Waals surface area contributed by atoms with Crippen LogP contribution in [0.2, 0.25) is 0 Å². The first-order valence-electron chi connectivity index (χ1n) is 9.36. The van der Waals surface area contributed by atoms with Crippen molar-refractivity contribution in [3.8, 4) is 0 Å². The van der Waals surface area contributed by atoms with Crippen molar-refractivity contribution in [1.82, 2.24) is 0 Å². The zero-order valence-electron chi connectivity index (χ0n) is 16.1. The Morgan fingerprint density at radius 3 is 2.16 bits per heavy atom. The molecule has 0 saturated heterocycles. The summed E-state index contributed by atoms with van der Waals surface area (Å²) in [6.07, 6.45) is 1.25. The summed E-state index contributed by atoms with van der Waals surface area (Å²) < 4.78 is 81.9. The third-order valence-corrected chi connectivity index (χ3v) is 8.08. The highest BCUT2D eigenvalue weighted by Gasteiger charge is 2.29. The van der Waals surface area contributed by atoms with Crippen LogP contribution in [0.15, 0.2) is 76.5 Å². The molecule has 1 heterocycles. The normalized spacial score (nSPS) is 14.2. The lowest BCUT2D eigenvalue weighted by Gasteiger charge is -2.31. The van der Waals surface area contributed by atoms with E-state index in [1.807, 2.05) is 0 Å². The molecule has 0 atom stereocenters. The summed E-state index contributed by atoms with van der Waals surface area (Å²) in [5, 5.41) is 0. The van der Waals surface area contributed by atoms with E-state index in [-0.39, 0.29) is 17.1 Å². The number of halogens is 2. The molecule has 0 aliphatic carbocycles. The molecule has 162 valence electrons. The standard InChI is InChI=1S/C21H18F2N2O4S2/c22-16-11-17(23)13-20(12-16)30(26,27)24-18-9-8-15-5-4-10-25(21(15)14-18)31(28,29)19-6-2-1-3-7-19/h1-3,6-9,11-14,24H,4-5,10H2. The number of aryl methyl sites for hydroxylation is 1. The predicted molar refractivity (Wildman–Crippen MR) is 113 cm³/mol. The van der Waals surface area contributed by atoms with Crippen LogP contribution in [0, 0.1) is 11.6 Å². The minimum atomic E-state index is -4.29. The third-order valence-electron chi connectivity index (χ3n) is 4.89. The van der Waals surface area contributed by atoms with Crippen LogP contribution in [0.5, 0.6) is 0 Å². The van der Waals surface area contributed by atoms with Gasteiger partial charge in [-0.2, -0.15) is 0 Å². The quantitative estimate of drug-likeness (QED) is 0.621. The Hall–Kier alpha value is -2.98. The number of hydrogen-bond acceptors (Lipinski definition) is 4. The van der Waals surface area contributed by atoms with Gasteiger partial charge < -0.3 is 0 Å². The summed E-state index contributed by atoms with van der Waals surface area (Å²) in [5.74, 6) is -2.04. The van der Waals surface area contributed by atoms with Gasteiger partial charge in [-0.15, -0.1) is 0 Å². The number of sulfonamides is 2. The Labute approximate surface area is 179 Å². The summed E-state index contributed by atoms with van der Waals surface area (Å²) in [7, 11) is -8.13. The molecule has 10 heteroatoms. The SMILES string of the molecule is O=S(=O)(Nc1ccc2c(c1)N(S(=O)(=O)c1ccccc1)CCC2)c1cc(F)cc(F)c1. The van der Waals surface area contributed by atoms with E-state index in [1.165, 1.54) is 28.6 Å². The Morgan fingerprint density at radius 1 is 0.806 bits per heavy atom. The minimum absolute atomic E-state index is 0.0820. The molecule has 6 nitrogen and oxygen atoms in total. The van der Waals surface area contributed by atoms with Crippen molar-refractivity contribution < 1.29 is 25.6 Å². The van der Waals surface area contributed by atoms with Crippen LogP contribution in [0.1, 0.15) is 12.0 Å². The molecular weight excluding hydrogens is 446 g/mol. The van der Waals surface area contributed by atoms with Gasteiger partial charge in [0.1, 0.15) is 11.6 Å². The van der Waals surface area contributed by atoms with Gasteiger partial charge in [0.25, 0.3) is 20.0 Å². The van der Waals surface area contributed by atoms with E-state index < -0.39 is 36.6 Å². The zero-order valence-corrected chi connectivity index (χ0v) is 17.8. The van der Waals surface area contributed by atoms with Crippen LogP contribution >= 0.6 is 0 Å². The molecule has 0 unspecified atom stereocenters. The van der Waals surface area contributed by atoms with Gasteiger partial charge in [-0.3, -0.25) is 9.03 Å². The van der Waals surface area contributed by atoms with E-state index in [0.29, 0.717) is 36.7 Å². The van der Waals surface area contributed by atoms with Crippen LogP contribution in [-0.2, 0) is 26.5 Å². The first kappa shape index (κ1) is 21.3. The fraction of sp³-hybridized carbons (Fsp3) is 0.143. The van der Waals surface area contributed by atoms with Crippen LogP contribution in [0.25, 0.3) is 0 Å². The molecule has 0 radical (unpaired) electrons. The maximum Gasteiger partial charge on any atom is 0.264 e. The second-order valence-electron chi connectivity index (χ2n) is 7.05. The molecule has 3 aromatic carbocycles.